The van der Waals surface area contributed by atoms with Crippen molar-refractivity contribution in [1.82, 2.24) is 20.2 Å². The minimum Gasteiger partial charge on any atom is -0.356 e. The summed E-state index contributed by atoms with van der Waals surface area (Å²) in [5.74, 6) is 1.12. The van der Waals surface area contributed by atoms with Gasteiger partial charge in [-0.05, 0) is 74.7 Å². The molecule has 0 bridgehead atoms. The van der Waals surface area contributed by atoms with Crippen LogP contribution in [-0.4, -0.2) is 47.3 Å². The molecule has 1 aliphatic heterocycles. The van der Waals surface area contributed by atoms with Gasteiger partial charge in [0.05, 0.1) is 0 Å². The molecule has 0 amide bonds. The van der Waals surface area contributed by atoms with Crippen molar-refractivity contribution in [3.8, 4) is 0 Å². The molecule has 1 saturated heterocycles. The number of aryl methyl sites for hydroxylation is 1. The molecule has 0 spiro atoms. The highest BCUT2D eigenvalue weighted by Gasteiger charge is 2.59. The summed E-state index contributed by atoms with van der Waals surface area (Å²) in [5, 5.41) is 17.2. The first-order valence-corrected chi connectivity index (χ1v) is 11.8. The standard InChI is InChI=1S/C25H37FN4O2/c1-18-28-14-15-30(18)17-25(19-9-12-27-13-10-19,20-6-4-7-21(26)16-20)24(2)11-5-8-22(24)29-23(31)32-3/h4,6-7,14-16,19,22-23,27,29,31H,5,8-13,17H2,1-3H3/t22-,23?,24?,25?/m0/s1. The van der Waals surface area contributed by atoms with Crippen LogP contribution in [0.1, 0.15) is 50.4 Å². The fourth-order valence-corrected chi connectivity index (χ4v) is 6.56. The summed E-state index contributed by atoms with van der Waals surface area (Å²) in [6, 6.07) is 7.25. The highest BCUT2D eigenvalue weighted by atomic mass is 19.1. The quantitative estimate of drug-likeness (QED) is 0.545. The Morgan fingerprint density at radius 1 is 1.38 bits per heavy atom. The molecule has 0 radical (unpaired) electrons. The van der Waals surface area contributed by atoms with Crippen LogP contribution in [0.2, 0.25) is 0 Å². The molecule has 1 aliphatic carbocycles. The van der Waals surface area contributed by atoms with Crippen LogP contribution in [0.5, 0.6) is 0 Å². The van der Waals surface area contributed by atoms with Gasteiger partial charge in [0, 0.05) is 37.5 Å². The van der Waals surface area contributed by atoms with Gasteiger partial charge in [0.25, 0.3) is 0 Å². The van der Waals surface area contributed by atoms with Gasteiger partial charge >= 0.3 is 0 Å². The predicted molar refractivity (Wildman–Crippen MR) is 123 cm³/mol. The zero-order valence-corrected chi connectivity index (χ0v) is 19.5. The lowest BCUT2D eigenvalue weighted by Crippen LogP contribution is -2.61. The number of ether oxygens (including phenoxy) is 1. The fraction of sp³-hybridized carbons (Fsp3) is 0.640. The maximum absolute atomic E-state index is 14.7. The molecule has 2 aromatic rings. The van der Waals surface area contributed by atoms with E-state index in [0.717, 1.165) is 63.1 Å². The van der Waals surface area contributed by atoms with E-state index in [1.165, 1.54) is 13.2 Å². The Hall–Kier alpha value is -1.80. The SMILES string of the molecule is COC(O)N[C@H]1CCCC1(C)C(Cn1ccnc1C)(c1cccc(F)c1)C1CCNCC1. The molecule has 1 saturated carbocycles. The van der Waals surface area contributed by atoms with Crippen LogP contribution < -0.4 is 10.6 Å². The van der Waals surface area contributed by atoms with Crippen LogP contribution in [0.25, 0.3) is 0 Å². The third-order valence-corrected chi connectivity index (χ3v) is 8.26. The monoisotopic (exact) mass is 444 g/mol. The van der Waals surface area contributed by atoms with E-state index in [1.807, 2.05) is 25.4 Å². The number of aromatic nitrogens is 2. The summed E-state index contributed by atoms with van der Waals surface area (Å²) in [7, 11) is 1.51. The molecule has 2 aliphatic rings. The van der Waals surface area contributed by atoms with E-state index in [0.29, 0.717) is 5.92 Å². The molecule has 4 atom stereocenters. The summed E-state index contributed by atoms with van der Waals surface area (Å²) in [6.45, 7) is 7.00. The first-order valence-electron chi connectivity index (χ1n) is 11.8. The number of aliphatic hydroxyl groups is 1. The predicted octanol–water partition coefficient (Wildman–Crippen LogP) is 3.34. The largest absolute Gasteiger partial charge is 0.356 e. The molecular weight excluding hydrogens is 407 g/mol. The van der Waals surface area contributed by atoms with Crippen LogP contribution in [0.3, 0.4) is 0 Å². The van der Waals surface area contributed by atoms with E-state index in [4.69, 9.17) is 4.74 Å². The molecule has 3 N–H and O–H groups in total. The number of halogens is 1. The van der Waals surface area contributed by atoms with E-state index >= 15 is 0 Å². The van der Waals surface area contributed by atoms with Crippen LogP contribution in [0.4, 0.5) is 4.39 Å². The molecule has 1 aromatic carbocycles. The Morgan fingerprint density at radius 2 is 2.16 bits per heavy atom. The van der Waals surface area contributed by atoms with Crippen molar-refractivity contribution in [1.29, 1.82) is 0 Å². The Morgan fingerprint density at radius 3 is 2.81 bits per heavy atom. The lowest BCUT2D eigenvalue weighted by Gasteiger charge is -2.56. The molecule has 32 heavy (non-hydrogen) atoms. The minimum absolute atomic E-state index is 0.0411. The normalized spacial score (nSPS) is 27.3. The van der Waals surface area contributed by atoms with Gasteiger partial charge < -0.3 is 19.7 Å². The highest BCUT2D eigenvalue weighted by molar-refractivity contribution is 5.33. The number of hydrogen-bond acceptors (Lipinski definition) is 5. The van der Waals surface area contributed by atoms with E-state index in [-0.39, 0.29) is 22.7 Å². The first kappa shape index (κ1) is 23.4. The van der Waals surface area contributed by atoms with E-state index in [1.54, 1.807) is 6.07 Å². The first-order chi connectivity index (χ1) is 15.4. The van der Waals surface area contributed by atoms with Gasteiger partial charge in [-0.3, -0.25) is 5.32 Å². The molecular formula is C25H37FN4O2. The van der Waals surface area contributed by atoms with E-state index in [2.05, 4.69) is 33.2 Å². The number of nitrogens with zero attached hydrogens (tertiary/aromatic N) is 2. The van der Waals surface area contributed by atoms with Crippen molar-refractivity contribution in [2.45, 2.75) is 70.4 Å². The zero-order valence-electron chi connectivity index (χ0n) is 19.5. The molecule has 6 nitrogen and oxygen atoms in total. The molecule has 1 aromatic heterocycles. The van der Waals surface area contributed by atoms with Gasteiger partial charge in [0.2, 0.25) is 6.41 Å². The zero-order chi connectivity index (χ0) is 22.8. The smallest absolute Gasteiger partial charge is 0.213 e. The van der Waals surface area contributed by atoms with Gasteiger partial charge in [0.1, 0.15) is 11.6 Å². The van der Waals surface area contributed by atoms with Crippen molar-refractivity contribution in [2.24, 2.45) is 11.3 Å². The van der Waals surface area contributed by atoms with Gasteiger partial charge in [-0.15, -0.1) is 0 Å². The van der Waals surface area contributed by atoms with Crippen LogP contribution in [0.15, 0.2) is 36.7 Å². The van der Waals surface area contributed by atoms with Crippen LogP contribution in [0, 0.1) is 24.1 Å². The van der Waals surface area contributed by atoms with Gasteiger partial charge in [-0.1, -0.05) is 25.5 Å². The second kappa shape index (κ2) is 9.59. The number of hydrogen-bond donors (Lipinski definition) is 3. The number of aliphatic hydroxyl groups excluding tert-OH is 1. The van der Waals surface area contributed by atoms with Crippen molar-refractivity contribution >= 4 is 0 Å². The Kier molecular flexibility index (Phi) is 7.00. The molecule has 2 heterocycles. The summed E-state index contributed by atoms with van der Waals surface area (Å²) < 4.78 is 22.1. The minimum atomic E-state index is -1.02. The van der Waals surface area contributed by atoms with Crippen LogP contribution >= 0.6 is 0 Å². The third kappa shape index (κ3) is 4.12. The molecule has 2 fully saturated rings. The van der Waals surface area contributed by atoms with Gasteiger partial charge in [-0.25, -0.2) is 9.37 Å². The summed E-state index contributed by atoms with van der Waals surface area (Å²) in [4.78, 5) is 4.49. The summed E-state index contributed by atoms with van der Waals surface area (Å²) in [6.07, 6.45) is 7.90. The average molecular weight is 445 g/mol. The second-order valence-corrected chi connectivity index (χ2v) is 9.73. The van der Waals surface area contributed by atoms with Gasteiger partial charge in [0.15, 0.2) is 0 Å². The van der Waals surface area contributed by atoms with Crippen molar-refractivity contribution in [2.75, 3.05) is 20.2 Å². The maximum atomic E-state index is 14.7. The Labute approximate surface area is 190 Å². The molecule has 4 rings (SSSR count). The Bertz CT molecular complexity index is 900. The number of methoxy groups -OCH3 is 1. The van der Waals surface area contributed by atoms with Crippen molar-refractivity contribution in [3.05, 3.63) is 53.9 Å². The number of imidazole rings is 1. The lowest BCUT2D eigenvalue weighted by molar-refractivity contribution is -0.117. The molecule has 176 valence electrons. The second-order valence-electron chi connectivity index (χ2n) is 9.73. The summed E-state index contributed by atoms with van der Waals surface area (Å²) in [5.41, 5.74) is 0.476. The highest BCUT2D eigenvalue weighted by Crippen LogP contribution is 2.59. The number of nitrogens with one attached hydrogen (secondary N) is 2. The summed E-state index contributed by atoms with van der Waals surface area (Å²) >= 11 is 0. The average Bonchev–Trinajstić information content (AvgIpc) is 3.38. The number of benzene rings is 1. The number of rotatable bonds is 8. The van der Waals surface area contributed by atoms with Gasteiger partial charge in [-0.2, -0.15) is 0 Å². The van der Waals surface area contributed by atoms with Crippen LogP contribution in [-0.2, 0) is 16.7 Å². The van der Waals surface area contributed by atoms with E-state index in [9.17, 15) is 9.50 Å². The number of piperidine rings is 1. The lowest BCUT2D eigenvalue weighted by atomic mass is 9.51. The Balaban J connectivity index is 1.91. The topological polar surface area (TPSA) is 71.3 Å². The maximum Gasteiger partial charge on any atom is 0.213 e. The third-order valence-electron chi connectivity index (χ3n) is 8.26. The van der Waals surface area contributed by atoms with E-state index < -0.39 is 6.41 Å². The molecule has 3 unspecified atom stereocenters. The van der Waals surface area contributed by atoms with Crippen molar-refractivity contribution in [3.63, 3.8) is 0 Å². The molecule has 7 heteroatoms. The van der Waals surface area contributed by atoms with Crippen molar-refractivity contribution < 1.29 is 14.2 Å². The fourth-order valence-electron chi connectivity index (χ4n) is 6.56.